The fraction of sp³-hybridized carbons (Fsp3) is 0.152. The zero-order valence-electron chi connectivity index (χ0n) is 21.4. The number of benzene rings is 3. The minimum absolute atomic E-state index is 0.112. The van der Waals surface area contributed by atoms with Gasteiger partial charge in [0.2, 0.25) is 0 Å². The van der Waals surface area contributed by atoms with Crippen molar-refractivity contribution in [3.8, 4) is 11.1 Å². The van der Waals surface area contributed by atoms with E-state index in [0.29, 0.717) is 5.76 Å². The molecule has 5 heteroatoms. The Morgan fingerprint density at radius 2 is 1.55 bits per heavy atom. The number of hydrogen-bond donors (Lipinski definition) is 0. The number of fused-ring (bicyclic) bond motifs is 6. The van der Waals surface area contributed by atoms with Gasteiger partial charge in [0.15, 0.2) is 5.76 Å². The molecule has 0 fully saturated rings. The maximum absolute atomic E-state index is 6.26. The summed E-state index contributed by atoms with van der Waals surface area (Å²) >= 11 is 0. The summed E-state index contributed by atoms with van der Waals surface area (Å²) < 4.78 is 17.9. The molecule has 0 saturated carbocycles. The molecule has 5 nitrogen and oxygen atoms in total. The van der Waals surface area contributed by atoms with Gasteiger partial charge in [-0.1, -0.05) is 66.7 Å². The molecule has 186 valence electrons. The van der Waals surface area contributed by atoms with Crippen molar-refractivity contribution in [3.63, 3.8) is 0 Å². The minimum atomic E-state index is -0.618. The van der Waals surface area contributed by atoms with Crippen molar-refractivity contribution in [2.45, 2.75) is 12.5 Å². The van der Waals surface area contributed by atoms with Gasteiger partial charge < -0.3 is 13.9 Å². The van der Waals surface area contributed by atoms with Gasteiger partial charge in [0.25, 0.3) is 0 Å². The van der Waals surface area contributed by atoms with Crippen LogP contribution in [0.4, 0.5) is 0 Å². The molecule has 0 N–H and O–H groups in total. The van der Waals surface area contributed by atoms with E-state index in [9.17, 15) is 0 Å². The van der Waals surface area contributed by atoms with Crippen LogP contribution in [0.5, 0.6) is 0 Å². The summed E-state index contributed by atoms with van der Waals surface area (Å²) in [5.41, 5.74) is 7.11. The van der Waals surface area contributed by atoms with Crippen LogP contribution in [0.15, 0.2) is 112 Å². The number of furan rings is 1. The molecule has 38 heavy (non-hydrogen) atoms. The molecule has 0 bridgehead atoms. The third-order valence-corrected chi connectivity index (χ3v) is 7.76. The van der Waals surface area contributed by atoms with Crippen LogP contribution in [0, 0.1) is 5.92 Å². The number of aliphatic imine (C=N–C) groups is 1. The molecule has 3 aromatic carbocycles. The van der Waals surface area contributed by atoms with Gasteiger partial charge in [-0.25, -0.2) is 0 Å². The summed E-state index contributed by atoms with van der Waals surface area (Å²) in [7, 11) is 3.35. The molecule has 0 spiro atoms. The van der Waals surface area contributed by atoms with Gasteiger partial charge in [0.1, 0.15) is 22.5 Å². The standard InChI is InChI=1S/C33H26N2O3/c1-33-26(31(37-3)30(36-2)25-11-7-19-34-32(25)33)17-18-27(35-33)21-15-13-20(14-16-21)22-9-6-10-24-23-8-4-5-12-28(23)38-29(22)24/h4-19,26H,1-3H3. The fourth-order valence-electron chi connectivity index (χ4n) is 5.93. The molecule has 2 unspecified atom stereocenters. The zero-order chi connectivity index (χ0) is 25.9. The van der Waals surface area contributed by atoms with Crippen LogP contribution in [-0.2, 0) is 15.0 Å². The van der Waals surface area contributed by atoms with Crippen LogP contribution in [0.2, 0.25) is 0 Å². The molecule has 2 atom stereocenters. The molecule has 1 aliphatic carbocycles. The normalized spacial score (nSPS) is 20.3. The lowest BCUT2D eigenvalue weighted by atomic mass is 9.73. The van der Waals surface area contributed by atoms with Crippen molar-refractivity contribution in [2.24, 2.45) is 10.9 Å². The van der Waals surface area contributed by atoms with Crippen LogP contribution in [0.3, 0.4) is 0 Å². The number of nitrogens with zero attached hydrogens (tertiary/aromatic N) is 2. The Hall–Kier alpha value is -4.64. The molecule has 2 aliphatic rings. The molecule has 0 saturated heterocycles. The first-order valence-electron chi connectivity index (χ1n) is 12.7. The van der Waals surface area contributed by atoms with E-state index >= 15 is 0 Å². The molecule has 1 aliphatic heterocycles. The maximum atomic E-state index is 6.26. The maximum Gasteiger partial charge on any atom is 0.166 e. The summed E-state index contributed by atoms with van der Waals surface area (Å²) in [6.07, 6.45) is 6.04. The number of dihydropyridines is 1. The van der Waals surface area contributed by atoms with E-state index in [1.54, 1.807) is 14.2 Å². The molecular weight excluding hydrogens is 472 g/mol. The Morgan fingerprint density at radius 1 is 0.789 bits per heavy atom. The number of allylic oxidation sites excluding steroid dienone is 1. The molecule has 5 aromatic rings. The number of aromatic nitrogens is 1. The van der Waals surface area contributed by atoms with Gasteiger partial charge in [0, 0.05) is 28.1 Å². The Kier molecular flexibility index (Phi) is 5.02. The van der Waals surface area contributed by atoms with Gasteiger partial charge in [-0.3, -0.25) is 9.98 Å². The molecule has 0 amide bonds. The molecular formula is C33H26N2O3. The van der Waals surface area contributed by atoms with Gasteiger partial charge in [-0.05, 0) is 42.3 Å². The number of rotatable bonds is 4. The number of para-hydroxylation sites is 2. The Morgan fingerprint density at radius 3 is 2.37 bits per heavy atom. The van der Waals surface area contributed by atoms with E-state index in [0.717, 1.165) is 61.4 Å². The van der Waals surface area contributed by atoms with Crippen molar-refractivity contribution >= 4 is 33.4 Å². The van der Waals surface area contributed by atoms with E-state index in [1.807, 2.05) is 36.5 Å². The minimum Gasteiger partial charge on any atom is -0.496 e. The monoisotopic (exact) mass is 498 g/mol. The first-order valence-corrected chi connectivity index (χ1v) is 12.7. The molecule has 3 heterocycles. The lowest BCUT2D eigenvalue weighted by Crippen LogP contribution is -2.39. The summed E-state index contributed by atoms with van der Waals surface area (Å²) in [4.78, 5) is 10.0. The van der Waals surface area contributed by atoms with E-state index in [4.69, 9.17) is 23.9 Å². The van der Waals surface area contributed by atoms with Crippen LogP contribution in [0.25, 0.3) is 38.8 Å². The summed E-state index contributed by atoms with van der Waals surface area (Å²) in [6, 6.07) is 26.9. The Balaban J connectivity index is 1.30. The summed E-state index contributed by atoms with van der Waals surface area (Å²) in [5, 5.41) is 2.26. The average Bonchev–Trinajstić information content (AvgIpc) is 3.35. The highest BCUT2D eigenvalue weighted by Crippen LogP contribution is 2.49. The van der Waals surface area contributed by atoms with Crippen LogP contribution < -0.4 is 0 Å². The topological polar surface area (TPSA) is 56.9 Å². The van der Waals surface area contributed by atoms with Gasteiger partial charge in [0.05, 0.1) is 31.5 Å². The van der Waals surface area contributed by atoms with Crippen LogP contribution >= 0.6 is 0 Å². The largest absolute Gasteiger partial charge is 0.496 e. The fourth-order valence-corrected chi connectivity index (χ4v) is 5.93. The lowest BCUT2D eigenvalue weighted by Gasteiger charge is -2.40. The predicted molar refractivity (Wildman–Crippen MR) is 151 cm³/mol. The molecule has 2 aromatic heterocycles. The third kappa shape index (κ3) is 3.18. The van der Waals surface area contributed by atoms with Crippen molar-refractivity contribution in [2.75, 3.05) is 14.2 Å². The van der Waals surface area contributed by atoms with E-state index < -0.39 is 5.54 Å². The smallest absolute Gasteiger partial charge is 0.166 e. The molecule has 0 radical (unpaired) electrons. The van der Waals surface area contributed by atoms with Crippen molar-refractivity contribution in [3.05, 3.63) is 120 Å². The lowest BCUT2D eigenvalue weighted by molar-refractivity contribution is 0.191. The predicted octanol–water partition coefficient (Wildman–Crippen LogP) is 7.51. The van der Waals surface area contributed by atoms with Crippen LogP contribution in [-0.4, -0.2) is 24.9 Å². The highest BCUT2D eigenvalue weighted by molar-refractivity contribution is 6.11. The van der Waals surface area contributed by atoms with Crippen molar-refractivity contribution in [1.29, 1.82) is 0 Å². The highest BCUT2D eigenvalue weighted by Gasteiger charge is 2.48. The SMILES string of the molecule is COC1=C(OC)C2C=CC(c3ccc(-c4cccc5c4oc4ccccc45)cc3)=NC2(C)c2ncccc21. The van der Waals surface area contributed by atoms with E-state index in [1.165, 1.54) is 0 Å². The number of ether oxygens (including phenoxy) is 2. The second-order valence-corrected chi connectivity index (χ2v) is 9.84. The van der Waals surface area contributed by atoms with E-state index in [-0.39, 0.29) is 5.92 Å². The number of pyridine rings is 1. The third-order valence-electron chi connectivity index (χ3n) is 7.76. The number of methoxy groups -OCH3 is 2. The van der Waals surface area contributed by atoms with Gasteiger partial charge >= 0.3 is 0 Å². The molecule has 7 rings (SSSR count). The quantitative estimate of drug-likeness (QED) is 0.257. The van der Waals surface area contributed by atoms with Gasteiger partial charge in [-0.15, -0.1) is 0 Å². The van der Waals surface area contributed by atoms with Crippen molar-refractivity contribution in [1.82, 2.24) is 4.98 Å². The highest BCUT2D eigenvalue weighted by atomic mass is 16.5. The first kappa shape index (κ1) is 22.5. The zero-order valence-corrected chi connectivity index (χ0v) is 21.4. The Labute approximate surface area is 220 Å². The summed E-state index contributed by atoms with van der Waals surface area (Å²) in [6.45, 7) is 2.12. The van der Waals surface area contributed by atoms with Crippen molar-refractivity contribution < 1.29 is 13.9 Å². The summed E-state index contributed by atoms with van der Waals surface area (Å²) in [5.74, 6) is 1.37. The van der Waals surface area contributed by atoms with E-state index in [2.05, 4.69) is 67.6 Å². The number of hydrogen-bond acceptors (Lipinski definition) is 5. The van der Waals surface area contributed by atoms with Gasteiger partial charge in [-0.2, -0.15) is 0 Å². The average molecular weight is 499 g/mol. The first-order chi connectivity index (χ1) is 18.6. The van der Waals surface area contributed by atoms with Crippen LogP contribution in [0.1, 0.15) is 23.7 Å². The second kappa shape index (κ2) is 8.45. The Bertz CT molecular complexity index is 1810. The second-order valence-electron chi connectivity index (χ2n) is 9.84.